The summed E-state index contributed by atoms with van der Waals surface area (Å²) in [6.45, 7) is 0.251. The minimum Gasteiger partial charge on any atom is -0.489 e. The Kier molecular flexibility index (Phi) is 5.38. The zero-order chi connectivity index (χ0) is 26.5. The number of hydrogen-bond acceptors (Lipinski definition) is 5. The molecule has 1 saturated heterocycles. The molecule has 6 heteroatoms. The van der Waals surface area contributed by atoms with Gasteiger partial charge >= 0.3 is 0 Å². The second-order valence-electron chi connectivity index (χ2n) is 10.1. The van der Waals surface area contributed by atoms with E-state index in [1.807, 2.05) is 60.7 Å². The predicted molar refractivity (Wildman–Crippen MR) is 145 cm³/mol. The van der Waals surface area contributed by atoms with E-state index in [0.29, 0.717) is 16.9 Å². The lowest BCUT2D eigenvalue weighted by molar-refractivity contribution is -0.139. The first-order valence-electron chi connectivity index (χ1n) is 13.0. The normalized spacial score (nSPS) is 22.4. The van der Waals surface area contributed by atoms with Crippen LogP contribution in [0.15, 0.2) is 102 Å². The molecule has 0 aromatic heterocycles. The zero-order valence-corrected chi connectivity index (χ0v) is 20.9. The van der Waals surface area contributed by atoms with Crippen molar-refractivity contribution in [1.82, 2.24) is 5.01 Å². The van der Waals surface area contributed by atoms with E-state index >= 15 is 0 Å². The minimum atomic E-state index is -0.459. The van der Waals surface area contributed by atoms with Gasteiger partial charge in [-0.25, -0.2) is 0 Å². The molecule has 2 atom stereocenters. The number of ether oxygens (including phenoxy) is 1. The third kappa shape index (κ3) is 3.58. The van der Waals surface area contributed by atoms with E-state index in [-0.39, 0.29) is 30.3 Å². The number of imide groups is 1. The summed E-state index contributed by atoms with van der Waals surface area (Å²) in [5, 5.41) is 14.8. The minimum absolute atomic E-state index is 0.155. The van der Waals surface area contributed by atoms with Crippen LogP contribution >= 0.6 is 0 Å². The number of nitriles is 1. The summed E-state index contributed by atoms with van der Waals surface area (Å²) in [6.07, 6.45) is 1.53. The summed E-state index contributed by atoms with van der Waals surface area (Å²) in [5.41, 5.74) is 6.61. The summed E-state index contributed by atoms with van der Waals surface area (Å²) in [6, 6.07) is 33.1. The lowest BCUT2D eigenvalue weighted by Crippen LogP contribution is -2.41. The fourth-order valence-corrected chi connectivity index (χ4v) is 6.50. The van der Waals surface area contributed by atoms with Crippen molar-refractivity contribution < 1.29 is 14.3 Å². The highest BCUT2D eigenvalue weighted by atomic mass is 16.5. The highest BCUT2D eigenvalue weighted by Gasteiger charge is 2.61. The van der Waals surface area contributed by atoms with Crippen molar-refractivity contribution in [3.05, 3.63) is 136 Å². The molecule has 2 amide bonds. The van der Waals surface area contributed by atoms with E-state index in [1.165, 1.54) is 6.21 Å². The first kappa shape index (κ1) is 23.1. The molecule has 1 fully saturated rings. The van der Waals surface area contributed by atoms with Crippen LogP contribution in [0.3, 0.4) is 0 Å². The van der Waals surface area contributed by atoms with E-state index in [2.05, 4.69) is 35.4 Å². The first-order valence-corrected chi connectivity index (χ1v) is 13.0. The SMILES string of the molecule is N#Cc1ccccc1COc1cccc(/C=N\N2C(=O)[C@H]3C4c5ccccc5C(c5ccccc54)[C@@H]3C2=O)c1. The van der Waals surface area contributed by atoms with Crippen LogP contribution in [-0.2, 0) is 16.2 Å². The predicted octanol–water partition coefficient (Wildman–Crippen LogP) is 5.36. The van der Waals surface area contributed by atoms with Crippen LogP contribution < -0.4 is 4.74 Å². The number of amides is 2. The fourth-order valence-electron chi connectivity index (χ4n) is 6.50. The molecule has 0 N–H and O–H groups in total. The number of hydrogen-bond donors (Lipinski definition) is 0. The largest absolute Gasteiger partial charge is 0.489 e. The van der Waals surface area contributed by atoms with Crippen LogP contribution in [0.25, 0.3) is 0 Å². The molecular formula is C33H23N3O3. The molecule has 188 valence electrons. The molecule has 39 heavy (non-hydrogen) atoms. The molecule has 4 aliphatic rings. The van der Waals surface area contributed by atoms with E-state index in [4.69, 9.17) is 4.74 Å². The quantitative estimate of drug-likeness (QED) is 0.268. The van der Waals surface area contributed by atoms with Gasteiger partial charge in [0.1, 0.15) is 12.4 Å². The van der Waals surface area contributed by atoms with Crippen LogP contribution in [-0.4, -0.2) is 23.0 Å². The summed E-state index contributed by atoms with van der Waals surface area (Å²) in [7, 11) is 0. The Labute approximate surface area is 225 Å². The topological polar surface area (TPSA) is 82.8 Å². The third-order valence-corrected chi connectivity index (χ3v) is 8.14. The van der Waals surface area contributed by atoms with Gasteiger partial charge in [0, 0.05) is 17.4 Å². The summed E-state index contributed by atoms with van der Waals surface area (Å²) < 4.78 is 5.91. The molecule has 0 spiro atoms. The number of nitrogens with zero attached hydrogens (tertiary/aromatic N) is 3. The Bertz CT molecular complexity index is 1600. The van der Waals surface area contributed by atoms with Gasteiger partial charge in [-0.1, -0.05) is 78.9 Å². The average Bonchev–Trinajstić information content (AvgIpc) is 3.24. The average molecular weight is 510 g/mol. The molecule has 0 saturated carbocycles. The Hall–Kier alpha value is -5.02. The lowest BCUT2D eigenvalue weighted by atomic mass is 9.55. The van der Waals surface area contributed by atoms with Crippen molar-refractivity contribution >= 4 is 18.0 Å². The van der Waals surface area contributed by atoms with Gasteiger partial charge in [0.25, 0.3) is 11.8 Å². The van der Waals surface area contributed by atoms with Crippen LogP contribution in [0.4, 0.5) is 0 Å². The van der Waals surface area contributed by atoms with Gasteiger partial charge in [0.2, 0.25) is 0 Å². The maximum atomic E-state index is 13.7. The Morgan fingerprint density at radius 3 is 1.92 bits per heavy atom. The third-order valence-electron chi connectivity index (χ3n) is 8.14. The van der Waals surface area contributed by atoms with Crippen molar-refractivity contribution in [3.8, 4) is 11.8 Å². The molecule has 3 aliphatic carbocycles. The van der Waals surface area contributed by atoms with E-state index in [0.717, 1.165) is 32.8 Å². The second kappa shape index (κ2) is 9.07. The second-order valence-corrected chi connectivity index (χ2v) is 10.1. The standard InChI is InChI=1S/C33H23N3O3/c34-17-21-9-1-2-10-22(21)19-39-23-11-7-8-20(16-23)18-35-36-32(37)30-28-24-12-3-4-13-25(24)29(31(30)33(36)38)27-15-6-5-14-26(27)28/h1-16,18,28-31H,19H2/b35-18-/t28?,29?,30-,31-/m0/s1. The number of carbonyl (C=O) groups is 2. The summed E-state index contributed by atoms with van der Waals surface area (Å²) in [5.74, 6) is -1.13. The first-order chi connectivity index (χ1) is 19.2. The molecule has 1 aliphatic heterocycles. The molecule has 0 unspecified atom stereocenters. The van der Waals surface area contributed by atoms with Crippen LogP contribution in [0.5, 0.6) is 5.75 Å². The van der Waals surface area contributed by atoms with Crippen molar-refractivity contribution in [2.24, 2.45) is 16.9 Å². The van der Waals surface area contributed by atoms with E-state index in [1.54, 1.807) is 12.1 Å². The van der Waals surface area contributed by atoms with Gasteiger partial charge in [-0.2, -0.15) is 15.4 Å². The van der Waals surface area contributed by atoms with Gasteiger partial charge in [0.05, 0.1) is 29.7 Å². The van der Waals surface area contributed by atoms with Crippen LogP contribution in [0.2, 0.25) is 0 Å². The molecule has 4 aromatic carbocycles. The molecule has 2 bridgehead atoms. The van der Waals surface area contributed by atoms with Crippen molar-refractivity contribution in [2.75, 3.05) is 0 Å². The van der Waals surface area contributed by atoms with Gasteiger partial charge in [-0.15, -0.1) is 0 Å². The molecule has 4 aromatic rings. The number of rotatable bonds is 5. The van der Waals surface area contributed by atoms with Crippen molar-refractivity contribution in [3.63, 3.8) is 0 Å². The van der Waals surface area contributed by atoms with Gasteiger partial charge < -0.3 is 4.74 Å². The maximum absolute atomic E-state index is 13.7. The molecule has 6 nitrogen and oxygen atoms in total. The van der Waals surface area contributed by atoms with Gasteiger partial charge in [0.15, 0.2) is 0 Å². The van der Waals surface area contributed by atoms with E-state index < -0.39 is 11.8 Å². The zero-order valence-electron chi connectivity index (χ0n) is 20.9. The Balaban J connectivity index is 1.16. The Morgan fingerprint density at radius 1 is 0.769 bits per heavy atom. The van der Waals surface area contributed by atoms with Crippen molar-refractivity contribution in [1.29, 1.82) is 5.26 Å². The molecule has 1 heterocycles. The molecule has 0 radical (unpaired) electrons. The number of hydrazone groups is 1. The highest BCUT2D eigenvalue weighted by Crippen LogP contribution is 2.60. The number of benzene rings is 4. The highest BCUT2D eigenvalue weighted by molar-refractivity contribution is 6.08. The molecular weight excluding hydrogens is 486 g/mol. The monoisotopic (exact) mass is 509 g/mol. The Morgan fingerprint density at radius 2 is 1.33 bits per heavy atom. The van der Waals surface area contributed by atoms with Gasteiger partial charge in [-0.05, 0) is 46.0 Å². The smallest absolute Gasteiger partial charge is 0.254 e. The summed E-state index contributed by atoms with van der Waals surface area (Å²) >= 11 is 0. The maximum Gasteiger partial charge on any atom is 0.254 e. The lowest BCUT2D eigenvalue weighted by Gasteiger charge is -2.45. The fraction of sp³-hybridized carbons (Fsp3) is 0.152. The van der Waals surface area contributed by atoms with Crippen LogP contribution in [0, 0.1) is 23.2 Å². The van der Waals surface area contributed by atoms with E-state index in [9.17, 15) is 14.9 Å². The van der Waals surface area contributed by atoms with Crippen LogP contribution in [0.1, 0.15) is 50.8 Å². The van der Waals surface area contributed by atoms with Gasteiger partial charge in [-0.3, -0.25) is 9.59 Å². The summed E-state index contributed by atoms with van der Waals surface area (Å²) in [4.78, 5) is 27.4. The number of carbonyl (C=O) groups excluding carboxylic acids is 2. The van der Waals surface area contributed by atoms with Crippen molar-refractivity contribution in [2.45, 2.75) is 18.4 Å². The molecule has 8 rings (SSSR count).